The fraction of sp³-hybridized carbons (Fsp3) is 0.0714. The van der Waals surface area contributed by atoms with Crippen LogP contribution >= 0.6 is 15.9 Å². The fourth-order valence-corrected chi connectivity index (χ4v) is 2.19. The molecule has 0 unspecified atom stereocenters. The number of halogens is 1. The number of carboxylic acids is 1. The smallest absolute Gasteiger partial charge is 0.339 e. The number of hydrogen-bond acceptors (Lipinski definition) is 4. The van der Waals surface area contributed by atoms with Gasteiger partial charge in [0.25, 0.3) is 0 Å². The van der Waals surface area contributed by atoms with Crippen molar-refractivity contribution >= 4 is 27.6 Å². The van der Waals surface area contributed by atoms with Gasteiger partial charge in [0, 0.05) is 10.0 Å². The van der Waals surface area contributed by atoms with E-state index >= 15 is 0 Å². The van der Waals surface area contributed by atoms with Crippen molar-refractivity contribution in [3.63, 3.8) is 0 Å². The molecule has 2 rings (SSSR count). The first-order valence-corrected chi connectivity index (χ1v) is 6.64. The molecule has 0 saturated carbocycles. The van der Waals surface area contributed by atoms with Crippen molar-refractivity contribution in [1.82, 2.24) is 0 Å². The third kappa shape index (κ3) is 3.19. The SMILES string of the molecule is Cc1cccc(Oc2ccc(Br)cc2C(=O)O)c1[N+](=O)[O-]. The number of carbonyl (C=O) groups is 1. The number of hydrogen-bond donors (Lipinski definition) is 1. The average molecular weight is 352 g/mol. The van der Waals surface area contributed by atoms with Gasteiger partial charge < -0.3 is 9.84 Å². The Morgan fingerprint density at radius 1 is 1.29 bits per heavy atom. The maximum Gasteiger partial charge on any atom is 0.339 e. The van der Waals surface area contributed by atoms with Gasteiger partial charge in [-0.3, -0.25) is 10.1 Å². The van der Waals surface area contributed by atoms with E-state index in [0.717, 1.165) is 0 Å². The zero-order chi connectivity index (χ0) is 15.6. The largest absolute Gasteiger partial charge is 0.478 e. The standard InChI is InChI=1S/C14H10BrNO5/c1-8-3-2-4-12(13(8)16(19)20)21-11-6-5-9(15)7-10(11)14(17)18/h2-7H,1H3,(H,17,18). The first kappa shape index (κ1) is 15.0. The Kier molecular flexibility index (Phi) is 4.23. The van der Waals surface area contributed by atoms with Crippen LogP contribution in [0.25, 0.3) is 0 Å². The molecule has 0 spiro atoms. The van der Waals surface area contributed by atoms with E-state index in [1.165, 1.54) is 18.2 Å². The third-order valence-corrected chi connectivity index (χ3v) is 3.27. The summed E-state index contributed by atoms with van der Waals surface area (Å²) in [7, 11) is 0. The minimum Gasteiger partial charge on any atom is -0.478 e. The highest BCUT2D eigenvalue weighted by Crippen LogP contribution is 2.35. The number of benzene rings is 2. The summed E-state index contributed by atoms with van der Waals surface area (Å²) in [6.07, 6.45) is 0. The van der Waals surface area contributed by atoms with Gasteiger partial charge in [-0.25, -0.2) is 4.79 Å². The third-order valence-electron chi connectivity index (χ3n) is 2.78. The second-order valence-corrected chi connectivity index (χ2v) is 5.14. The lowest BCUT2D eigenvalue weighted by Gasteiger charge is -2.10. The molecular formula is C14H10BrNO5. The van der Waals surface area contributed by atoms with Crippen LogP contribution in [0, 0.1) is 17.0 Å². The molecule has 21 heavy (non-hydrogen) atoms. The van der Waals surface area contributed by atoms with E-state index in [4.69, 9.17) is 9.84 Å². The Hall–Kier alpha value is -2.41. The number of nitro benzene ring substituents is 1. The molecule has 0 bridgehead atoms. The van der Waals surface area contributed by atoms with Crippen LogP contribution in [0.15, 0.2) is 40.9 Å². The van der Waals surface area contributed by atoms with E-state index in [0.29, 0.717) is 10.0 Å². The van der Waals surface area contributed by atoms with E-state index in [1.807, 2.05) is 0 Å². The lowest BCUT2D eigenvalue weighted by molar-refractivity contribution is -0.386. The van der Waals surface area contributed by atoms with Crippen molar-refractivity contribution in [2.75, 3.05) is 0 Å². The predicted octanol–water partition coefficient (Wildman–Crippen LogP) is 4.16. The summed E-state index contributed by atoms with van der Waals surface area (Å²) in [6, 6.07) is 9.04. The van der Waals surface area contributed by atoms with Crippen molar-refractivity contribution in [2.45, 2.75) is 6.92 Å². The molecule has 1 N–H and O–H groups in total. The molecule has 0 saturated heterocycles. The fourth-order valence-electron chi connectivity index (χ4n) is 1.83. The zero-order valence-corrected chi connectivity index (χ0v) is 12.5. The normalized spacial score (nSPS) is 10.2. The molecular weight excluding hydrogens is 342 g/mol. The molecule has 0 heterocycles. The number of rotatable bonds is 4. The van der Waals surface area contributed by atoms with Gasteiger partial charge in [0.1, 0.15) is 11.3 Å². The molecule has 0 aliphatic rings. The van der Waals surface area contributed by atoms with Gasteiger partial charge in [-0.1, -0.05) is 28.1 Å². The highest BCUT2D eigenvalue weighted by Gasteiger charge is 2.21. The Morgan fingerprint density at radius 2 is 2.00 bits per heavy atom. The van der Waals surface area contributed by atoms with Crippen molar-refractivity contribution in [2.24, 2.45) is 0 Å². The van der Waals surface area contributed by atoms with Gasteiger partial charge in [0.15, 0.2) is 0 Å². The molecule has 0 fully saturated rings. The van der Waals surface area contributed by atoms with Crippen LogP contribution in [0.4, 0.5) is 5.69 Å². The summed E-state index contributed by atoms with van der Waals surface area (Å²) in [5.74, 6) is -1.13. The number of aromatic carboxylic acids is 1. The Bertz CT molecular complexity index is 729. The van der Waals surface area contributed by atoms with Gasteiger partial charge in [-0.2, -0.15) is 0 Å². The molecule has 0 amide bonds. The zero-order valence-electron chi connectivity index (χ0n) is 10.9. The lowest BCUT2D eigenvalue weighted by atomic mass is 10.1. The molecule has 2 aromatic carbocycles. The lowest BCUT2D eigenvalue weighted by Crippen LogP contribution is -2.02. The van der Waals surface area contributed by atoms with E-state index in [1.54, 1.807) is 25.1 Å². The summed E-state index contributed by atoms with van der Waals surface area (Å²) in [6.45, 7) is 1.59. The van der Waals surface area contributed by atoms with Gasteiger partial charge in [0.2, 0.25) is 5.75 Å². The quantitative estimate of drug-likeness (QED) is 0.659. The molecule has 0 aliphatic heterocycles. The van der Waals surface area contributed by atoms with Crippen LogP contribution in [0.3, 0.4) is 0 Å². The highest BCUT2D eigenvalue weighted by molar-refractivity contribution is 9.10. The minimum atomic E-state index is -1.18. The van der Waals surface area contributed by atoms with Crippen molar-refractivity contribution in [1.29, 1.82) is 0 Å². The highest BCUT2D eigenvalue weighted by atomic mass is 79.9. The molecule has 108 valence electrons. The van der Waals surface area contributed by atoms with E-state index in [2.05, 4.69) is 15.9 Å². The van der Waals surface area contributed by atoms with Crippen molar-refractivity contribution in [3.05, 3.63) is 62.1 Å². The van der Waals surface area contributed by atoms with Gasteiger partial charge in [0.05, 0.1) is 4.92 Å². The second-order valence-electron chi connectivity index (χ2n) is 4.23. The van der Waals surface area contributed by atoms with Crippen LogP contribution in [-0.2, 0) is 0 Å². The second kappa shape index (κ2) is 5.92. The van der Waals surface area contributed by atoms with Crippen LogP contribution in [0.5, 0.6) is 11.5 Å². The van der Waals surface area contributed by atoms with Crippen LogP contribution in [0.1, 0.15) is 15.9 Å². The molecule has 0 radical (unpaired) electrons. The number of carboxylic acid groups (broad SMARTS) is 1. The van der Waals surface area contributed by atoms with Crippen LogP contribution in [-0.4, -0.2) is 16.0 Å². The first-order chi connectivity index (χ1) is 9.90. The maximum absolute atomic E-state index is 11.2. The van der Waals surface area contributed by atoms with Gasteiger partial charge in [-0.15, -0.1) is 0 Å². The van der Waals surface area contributed by atoms with Crippen molar-refractivity contribution in [3.8, 4) is 11.5 Å². The average Bonchev–Trinajstić information content (AvgIpc) is 2.40. The van der Waals surface area contributed by atoms with E-state index in [-0.39, 0.29) is 22.7 Å². The monoisotopic (exact) mass is 351 g/mol. The molecule has 6 nitrogen and oxygen atoms in total. The number of aryl methyl sites for hydroxylation is 1. The topological polar surface area (TPSA) is 89.7 Å². The molecule has 0 aliphatic carbocycles. The van der Waals surface area contributed by atoms with E-state index in [9.17, 15) is 14.9 Å². The molecule has 0 aromatic heterocycles. The minimum absolute atomic E-state index is 0.00447. The van der Waals surface area contributed by atoms with Crippen LogP contribution < -0.4 is 4.74 Å². The summed E-state index contributed by atoms with van der Waals surface area (Å²) in [5.41, 5.74) is 0.170. The molecule has 0 atom stereocenters. The Labute approximate surface area is 128 Å². The van der Waals surface area contributed by atoms with Gasteiger partial charge >= 0.3 is 11.7 Å². The van der Waals surface area contributed by atoms with Crippen molar-refractivity contribution < 1.29 is 19.6 Å². The number of ether oxygens (including phenoxy) is 1. The first-order valence-electron chi connectivity index (χ1n) is 5.85. The van der Waals surface area contributed by atoms with E-state index < -0.39 is 10.9 Å². The Balaban J connectivity index is 2.51. The van der Waals surface area contributed by atoms with Crippen LogP contribution in [0.2, 0.25) is 0 Å². The summed E-state index contributed by atoms with van der Waals surface area (Å²) < 4.78 is 6.03. The summed E-state index contributed by atoms with van der Waals surface area (Å²) >= 11 is 3.17. The number of nitrogens with zero attached hydrogens (tertiary/aromatic N) is 1. The number of para-hydroxylation sites is 1. The number of nitro groups is 1. The summed E-state index contributed by atoms with van der Waals surface area (Å²) in [4.78, 5) is 21.8. The molecule has 2 aromatic rings. The van der Waals surface area contributed by atoms with Gasteiger partial charge in [-0.05, 0) is 31.2 Å². The Morgan fingerprint density at radius 3 is 2.62 bits per heavy atom. The maximum atomic E-state index is 11.2. The summed E-state index contributed by atoms with van der Waals surface area (Å²) in [5, 5.41) is 20.3. The predicted molar refractivity (Wildman–Crippen MR) is 79.0 cm³/mol. The molecule has 7 heteroatoms.